The van der Waals surface area contributed by atoms with E-state index < -0.39 is 6.04 Å². The highest BCUT2D eigenvalue weighted by molar-refractivity contribution is 6.32. The van der Waals surface area contributed by atoms with Crippen LogP contribution in [0, 0.1) is 0 Å². The van der Waals surface area contributed by atoms with Crippen LogP contribution in [0.15, 0.2) is 77.8 Å². The molecule has 0 fully saturated rings. The van der Waals surface area contributed by atoms with Crippen molar-refractivity contribution in [3.63, 3.8) is 0 Å². The number of carbonyl (C=O) groups excluding carboxylic acids is 1. The van der Waals surface area contributed by atoms with Crippen molar-refractivity contribution in [3.05, 3.63) is 94.5 Å². The number of phenolic OH excluding ortho intramolecular Hbond substituents is 1. The molecule has 4 rings (SSSR count). The first-order valence-corrected chi connectivity index (χ1v) is 9.39. The van der Waals surface area contributed by atoms with E-state index in [0.717, 1.165) is 22.4 Å². The topological polar surface area (TPSA) is 52.9 Å². The fourth-order valence-corrected chi connectivity index (χ4v) is 3.61. The number of fused-ring (bicyclic) bond motifs is 1. The monoisotopic (exact) mass is 390 g/mol. The number of benzodiazepines with no additional fused rings is 1. The van der Waals surface area contributed by atoms with Crippen LogP contribution in [0.1, 0.15) is 16.7 Å². The largest absolute Gasteiger partial charge is 0.508 e. The number of hydrogen-bond donors (Lipinski definition) is 1. The van der Waals surface area contributed by atoms with Crippen molar-refractivity contribution in [3.8, 4) is 5.75 Å². The standard InChI is InChI=1S/C23H19ClN2O2/c1-26-21-12-9-17(24)14-19(21)22(16-7-10-18(27)11-8-16)25-20(23(26)28)13-15-5-3-2-4-6-15/h2-12,14,20,27H,13H2,1H3. The number of benzene rings is 3. The Morgan fingerprint density at radius 3 is 2.46 bits per heavy atom. The second kappa shape index (κ2) is 7.49. The van der Waals surface area contributed by atoms with Gasteiger partial charge in [0.25, 0.3) is 5.91 Å². The molecule has 1 atom stereocenters. The molecule has 1 N–H and O–H groups in total. The van der Waals surface area contributed by atoms with Crippen molar-refractivity contribution in [2.75, 3.05) is 11.9 Å². The van der Waals surface area contributed by atoms with Gasteiger partial charge in [0.05, 0.1) is 11.4 Å². The lowest BCUT2D eigenvalue weighted by Gasteiger charge is -2.20. The van der Waals surface area contributed by atoms with E-state index in [0.29, 0.717) is 17.2 Å². The second-order valence-corrected chi connectivity index (χ2v) is 7.23. The highest BCUT2D eigenvalue weighted by Crippen LogP contribution is 2.31. The summed E-state index contributed by atoms with van der Waals surface area (Å²) < 4.78 is 0. The van der Waals surface area contributed by atoms with Gasteiger partial charge < -0.3 is 10.0 Å². The van der Waals surface area contributed by atoms with Gasteiger partial charge in [-0.1, -0.05) is 41.9 Å². The number of anilines is 1. The van der Waals surface area contributed by atoms with Gasteiger partial charge >= 0.3 is 0 Å². The minimum atomic E-state index is -0.553. The second-order valence-electron chi connectivity index (χ2n) is 6.79. The van der Waals surface area contributed by atoms with E-state index in [1.54, 1.807) is 42.3 Å². The third-order valence-corrected chi connectivity index (χ3v) is 5.12. The quantitative estimate of drug-likeness (QED) is 0.717. The Labute approximate surface area is 168 Å². The number of carbonyl (C=O) groups is 1. The molecule has 140 valence electrons. The first-order valence-electron chi connectivity index (χ1n) is 9.01. The van der Waals surface area contributed by atoms with Gasteiger partial charge in [0.15, 0.2) is 0 Å². The molecule has 1 unspecified atom stereocenters. The molecule has 1 aliphatic rings. The smallest absolute Gasteiger partial charge is 0.251 e. The van der Waals surface area contributed by atoms with Gasteiger partial charge in [-0.3, -0.25) is 9.79 Å². The highest BCUT2D eigenvalue weighted by Gasteiger charge is 2.30. The third-order valence-electron chi connectivity index (χ3n) is 4.89. The first kappa shape index (κ1) is 18.3. The zero-order valence-corrected chi connectivity index (χ0v) is 16.1. The Bertz CT molecular complexity index is 1050. The molecule has 0 aliphatic carbocycles. The SMILES string of the molecule is CN1C(=O)C(Cc2ccccc2)N=C(c2ccc(O)cc2)c2cc(Cl)ccc21. The molecule has 1 aliphatic heterocycles. The number of aromatic hydroxyl groups is 1. The van der Waals surface area contributed by atoms with Crippen molar-refractivity contribution < 1.29 is 9.90 Å². The minimum absolute atomic E-state index is 0.0683. The molecule has 0 saturated carbocycles. The normalized spacial score (nSPS) is 16.4. The van der Waals surface area contributed by atoms with Crippen LogP contribution >= 0.6 is 11.6 Å². The molecule has 0 saturated heterocycles. The van der Waals surface area contributed by atoms with Crippen LogP contribution in [-0.2, 0) is 11.2 Å². The molecular formula is C23H19ClN2O2. The van der Waals surface area contributed by atoms with Crippen molar-refractivity contribution in [1.29, 1.82) is 0 Å². The van der Waals surface area contributed by atoms with E-state index in [9.17, 15) is 9.90 Å². The average molecular weight is 391 g/mol. The van der Waals surface area contributed by atoms with E-state index in [1.165, 1.54) is 0 Å². The molecule has 0 aromatic heterocycles. The van der Waals surface area contributed by atoms with Gasteiger partial charge in [-0.15, -0.1) is 0 Å². The predicted molar refractivity (Wildman–Crippen MR) is 113 cm³/mol. The molecule has 5 heteroatoms. The number of aliphatic imine (C=N–C) groups is 1. The first-order chi connectivity index (χ1) is 13.5. The number of phenols is 1. The molecule has 1 heterocycles. The zero-order valence-electron chi connectivity index (χ0n) is 15.3. The molecule has 4 nitrogen and oxygen atoms in total. The van der Waals surface area contributed by atoms with Crippen LogP contribution in [0.3, 0.4) is 0 Å². The number of amides is 1. The third kappa shape index (κ3) is 3.51. The number of rotatable bonds is 3. The van der Waals surface area contributed by atoms with E-state index in [-0.39, 0.29) is 11.7 Å². The van der Waals surface area contributed by atoms with Crippen molar-refractivity contribution in [2.24, 2.45) is 4.99 Å². The summed E-state index contributed by atoms with van der Waals surface area (Å²) >= 11 is 6.26. The van der Waals surface area contributed by atoms with Crippen LogP contribution in [0.2, 0.25) is 5.02 Å². The maximum absolute atomic E-state index is 13.2. The lowest BCUT2D eigenvalue weighted by molar-refractivity contribution is -0.119. The molecule has 1 amide bonds. The van der Waals surface area contributed by atoms with Gasteiger partial charge in [-0.25, -0.2) is 0 Å². The molecule has 3 aromatic rings. The molecule has 0 bridgehead atoms. The van der Waals surface area contributed by atoms with Crippen molar-refractivity contribution in [1.82, 2.24) is 0 Å². The van der Waals surface area contributed by atoms with E-state index in [1.807, 2.05) is 42.5 Å². The van der Waals surface area contributed by atoms with Crippen LogP contribution in [0.5, 0.6) is 5.75 Å². The minimum Gasteiger partial charge on any atom is -0.508 e. The Kier molecular flexibility index (Phi) is 4.88. The number of halogens is 1. The summed E-state index contributed by atoms with van der Waals surface area (Å²) in [6.45, 7) is 0. The summed E-state index contributed by atoms with van der Waals surface area (Å²) in [4.78, 5) is 19.7. The highest BCUT2D eigenvalue weighted by atomic mass is 35.5. The van der Waals surface area contributed by atoms with Gasteiger partial charge in [-0.05, 0) is 48.0 Å². The summed E-state index contributed by atoms with van der Waals surface area (Å²) in [5, 5.41) is 10.2. The predicted octanol–water partition coefficient (Wildman–Crippen LogP) is 4.47. The number of hydrogen-bond acceptors (Lipinski definition) is 3. The van der Waals surface area contributed by atoms with Gasteiger partial charge in [0.1, 0.15) is 11.8 Å². The Hall–Kier alpha value is -3.11. The molecule has 0 radical (unpaired) electrons. The van der Waals surface area contributed by atoms with Crippen LogP contribution in [0.25, 0.3) is 0 Å². The van der Waals surface area contributed by atoms with Crippen LogP contribution in [-0.4, -0.2) is 29.8 Å². The summed E-state index contributed by atoms with van der Waals surface area (Å²) in [6.07, 6.45) is 0.507. The lowest BCUT2D eigenvalue weighted by Crippen LogP contribution is -2.36. The van der Waals surface area contributed by atoms with Crippen molar-refractivity contribution >= 4 is 28.9 Å². The Balaban J connectivity index is 1.87. The van der Waals surface area contributed by atoms with E-state index >= 15 is 0 Å². The number of likely N-dealkylation sites (N-methyl/N-ethyl adjacent to an activating group) is 1. The zero-order chi connectivity index (χ0) is 19.7. The van der Waals surface area contributed by atoms with Crippen LogP contribution < -0.4 is 4.90 Å². The summed E-state index contributed by atoms with van der Waals surface area (Å²) in [6, 6.07) is 21.6. The average Bonchev–Trinajstić information content (AvgIpc) is 2.80. The van der Waals surface area contributed by atoms with Gasteiger partial charge in [0, 0.05) is 29.6 Å². The Morgan fingerprint density at radius 2 is 1.75 bits per heavy atom. The number of nitrogens with zero attached hydrogens (tertiary/aromatic N) is 2. The van der Waals surface area contributed by atoms with E-state index in [2.05, 4.69) is 0 Å². The molecule has 0 spiro atoms. The summed E-state index contributed by atoms with van der Waals surface area (Å²) in [5.74, 6) is 0.111. The van der Waals surface area contributed by atoms with Gasteiger partial charge in [0.2, 0.25) is 0 Å². The molecule has 28 heavy (non-hydrogen) atoms. The maximum Gasteiger partial charge on any atom is 0.251 e. The lowest BCUT2D eigenvalue weighted by atomic mass is 10.00. The Morgan fingerprint density at radius 1 is 1.04 bits per heavy atom. The molecule has 3 aromatic carbocycles. The fraction of sp³-hybridized carbons (Fsp3) is 0.130. The van der Waals surface area contributed by atoms with Crippen LogP contribution in [0.4, 0.5) is 5.69 Å². The molecular weight excluding hydrogens is 372 g/mol. The van der Waals surface area contributed by atoms with E-state index in [4.69, 9.17) is 16.6 Å². The maximum atomic E-state index is 13.2. The summed E-state index contributed by atoms with van der Waals surface area (Å²) in [5.41, 5.74) is 4.12. The van der Waals surface area contributed by atoms with Crippen molar-refractivity contribution in [2.45, 2.75) is 12.5 Å². The fourth-order valence-electron chi connectivity index (χ4n) is 3.43. The van der Waals surface area contributed by atoms with Gasteiger partial charge in [-0.2, -0.15) is 0 Å². The summed E-state index contributed by atoms with van der Waals surface area (Å²) in [7, 11) is 1.77.